The second-order valence-electron chi connectivity index (χ2n) is 13.8. The molecule has 9 rings (SSSR count). The van der Waals surface area contributed by atoms with Gasteiger partial charge in [0.15, 0.2) is 13.3 Å². The first kappa shape index (κ1) is 30.9. The lowest BCUT2D eigenvalue weighted by atomic mass is 10.0. The van der Waals surface area contributed by atoms with Gasteiger partial charge in [-0.1, -0.05) is 72.8 Å². The van der Waals surface area contributed by atoms with Crippen molar-refractivity contribution >= 4 is 34.7 Å². The molecular formula is C42H40N4O4+2. The maximum absolute atomic E-state index is 12.3. The van der Waals surface area contributed by atoms with Gasteiger partial charge >= 0.3 is 11.9 Å². The molecule has 0 aliphatic carbocycles. The number of carbonyl (C=O) groups is 2. The van der Waals surface area contributed by atoms with Crippen LogP contribution in [0.15, 0.2) is 121 Å². The highest BCUT2D eigenvalue weighted by Crippen LogP contribution is 2.70. The molecule has 0 bridgehead atoms. The predicted molar refractivity (Wildman–Crippen MR) is 195 cm³/mol. The first-order chi connectivity index (χ1) is 24.4. The van der Waals surface area contributed by atoms with E-state index in [1.54, 1.807) is 0 Å². The highest BCUT2D eigenvalue weighted by molar-refractivity contribution is 5.90. The Morgan fingerprint density at radius 1 is 0.460 bits per heavy atom. The Morgan fingerprint density at radius 3 is 1.12 bits per heavy atom. The molecule has 8 nitrogen and oxygen atoms in total. The predicted octanol–water partition coefficient (Wildman–Crippen LogP) is 8.19. The molecule has 0 amide bonds. The number of rotatable bonds is 12. The number of quaternary nitrogens is 4. The molecule has 4 atom stereocenters. The first-order valence-corrected chi connectivity index (χ1v) is 17.4. The first-order valence-electron chi connectivity index (χ1n) is 17.4. The molecule has 0 spiro atoms. The summed E-state index contributed by atoms with van der Waals surface area (Å²) in [5, 5.41) is 0. The van der Waals surface area contributed by atoms with Crippen LogP contribution in [0, 0.1) is 13.3 Å². The summed E-state index contributed by atoms with van der Waals surface area (Å²) in [6.07, 6.45) is 0. The molecule has 8 heteroatoms. The average molecular weight is 665 g/mol. The maximum Gasteiger partial charge on any atom is 0.338 e. The van der Waals surface area contributed by atoms with Crippen molar-refractivity contribution in [3.8, 4) is 0 Å². The Balaban J connectivity index is 0.987. The standard InChI is InChI=1S/C42H40N4O4/c1-3-49-41(47)33-21-17-31(18-22-33)25-43-29-45(43,39-15-9-7-13-37(39)43)27-35-11-5-6-12-36(35)28-46-30-44(46,38-14-8-10-16-40(38)46)26-32-19-23-34(24-20-32)42(48)50-4-2/h5-24,29-30H,3-4,25-28H2,1-2H3/q+2. The van der Waals surface area contributed by atoms with Gasteiger partial charge in [-0.3, -0.25) is 0 Å². The molecule has 5 aromatic carbocycles. The molecule has 0 saturated carbocycles. The fourth-order valence-electron chi connectivity index (χ4n) is 8.62. The fourth-order valence-corrected chi connectivity index (χ4v) is 8.62. The van der Waals surface area contributed by atoms with Gasteiger partial charge in [-0.2, -0.15) is 0 Å². The van der Waals surface area contributed by atoms with E-state index in [1.165, 1.54) is 45.0 Å². The molecule has 4 aliphatic rings. The Hall–Kier alpha value is -5.12. The number of benzene rings is 5. The summed E-state index contributed by atoms with van der Waals surface area (Å²) < 4.78 is 13.5. The van der Waals surface area contributed by atoms with E-state index >= 15 is 0 Å². The minimum atomic E-state index is -0.283. The minimum Gasteiger partial charge on any atom is -0.462 e. The number of ether oxygens (including phenoxy) is 2. The van der Waals surface area contributed by atoms with Crippen molar-refractivity contribution in [2.45, 2.75) is 40.0 Å². The molecule has 4 aliphatic heterocycles. The Bertz CT molecular complexity index is 2010. The summed E-state index contributed by atoms with van der Waals surface area (Å²) in [4.78, 5) is 24.5. The summed E-state index contributed by atoms with van der Waals surface area (Å²) in [6.45, 7) is 12.7. The fraction of sp³-hybridized carbons (Fsp3) is 0.190. The quantitative estimate of drug-likeness (QED) is 0.0584. The van der Waals surface area contributed by atoms with Gasteiger partial charge in [-0.25, -0.2) is 28.0 Å². The van der Waals surface area contributed by atoms with Crippen LogP contribution in [-0.4, -0.2) is 25.2 Å². The van der Waals surface area contributed by atoms with Gasteiger partial charge in [0.25, 0.3) is 0 Å². The number of hydrogen-bond acceptors (Lipinski definition) is 4. The summed E-state index contributed by atoms with van der Waals surface area (Å²) in [5.41, 5.74) is 11.6. The van der Waals surface area contributed by atoms with E-state index in [0.29, 0.717) is 24.3 Å². The smallest absolute Gasteiger partial charge is 0.338 e. The second-order valence-corrected chi connectivity index (χ2v) is 13.8. The van der Waals surface area contributed by atoms with E-state index in [9.17, 15) is 9.59 Å². The van der Waals surface area contributed by atoms with Crippen molar-refractivity contribution in [3.05, 3.63) is 168 Å². The van der Waals surface area contributed by atoms with Crippen LogP contribution in [0.2, 0.25) is 0 Å². The van der Waals surface area contributed by atoms with E-state index in [2.05, 4.69) is 110 Å². The number of fused-ring (bicyclic) bond motifs is 8. The van der Waals surface area contributed by atoms with Crippen molar-refractivity contribution in [1.82, 2.24) is 18.4 Å². The average Bonchev–Trinajstić information content (AvgIpc) is 3.92. The Kier molecular flexibility index (Phi) is 6.92. The number of para-hydroxylation sites is 4. The zero-order valence-electron chi connectivity index (χ0n) is 28.4. The zero-order chi connectivity index (χ0) is 34.1. The van der Waals surface area contributed by atoms with Crippen LogP contribution in [-0.2, 0) is 35.7 Å². The van der Waals surface area contributed by atoms with Crippen LogP contribution in [0.3, 0.4) is 0 Å². The van der Waals surface area contributed by atoms with E-state index < -0.39 is 0 Å². The maximum atomic E-state index is 12.3. The molecule has 4 unspecified atom stereocenters. The second kappa shape index (κ2) is 11.2. The molecule has 2 fully saturated rings. The highest BCUT2D eigenvalue weighted by atomic mass is 16.5. The molecule has 0 radical (unpaired) electrons. The van der Waals surface area contributed by atoms with Crippen LogP contribution in [0.25, 0.3) is 0 Å². The lowest BCUT2D eigenvalue weighted by Crippen LogP contribution is -2.53. The SMILES string of the molecule is CCOC(=O)c1ccc(C[N+]23[CH-][N+]2(Cc2ccccc2C[N+]24[CH-][N+]2(Cc2ccc(C(=O)OCC)cc2)c2ccccc24)c2ccccc23)cc1. The highest BCUT2D eigenvalue weighted by Gasteiger charge is 2.76. The lowest BCUT2D eigenvalue weighted by Gasteiger charge is -2.42. The van der Waals surface area contributed by atoms with Gasteiger partial charge in [0.2, 0.25) is 22.7 Å². The van der Waals surface area contributed by atoms with Crippen LogP contribution in [0.4, 0.5) is 22.7 Å². The molecule has 5 aromatic rings. The topological polar surface area (TPSA) is 52.6 Å². The van der Waals surface area contributed by atoms with Crippen molar-refractivity contribution in [2.75, 3.05) is 13.2 Å². The largest absolute Gasteiger partial charge is 0.462 e. The summed E-state index contributed by atoms with van der Waals surface area (Å²) in [6, 6.07) is 42.3. The van der Waals surface area contributed by atoms with Crippen LogP contribution >= 0.6 is 0 Å². The number of esters is 2. The van der Waals surface area contributed by atoms with Crippen molar-refractivity contribution in [3.63, 3.8) is 0 Å². The number of nitrogens with zero attached hydrogens (tertiary/aromatic N) is 4. The third-order valence-corrected chi connectivity index (χ3v) is 11.1. The summed E-state index contributed by atoms with van der Waals surface area (Å²) in [7, 11) is 0. The van der Waals surface area contributed by atoms with Gasteiger partial charge in [0.05, 0.1) is 24.3 Å². The van der Waals surface area contributed by atoms with Crippen molar-refractivity contribution in [2.24, 2.45) is 0 Å². The minimum absolute atomic E-state index is 0.283. The van der Waals surface area contributed by atoms with Crippen LogP contribution in [0.5, 0.6) is 0 Å². The molecule has 50 heavy (non-hydrogen) atoms. The molecular weight excluding hydrogens is 624 g/mol. The lowest BCUT2D eigenvalue weighted by molar-refractivity contribution is 0.0516. The van der Waals surface area contributed by atoms with Gasteiger partial charge in [-0.15, -0.1) is 0 Å². The Morgan fingerprint density at radius 2 is 0.780 bits per heavy atom. The molecule has 2 saturated heterocycles. The molecule has 0 N–H and O–H groups in total. The van der Waals surface area contributed by atoms with E-state index in [1.807, 2.05) is 38.1 Å². The molecule has 0 aromatic heterocycles. The van der Waals surface area contributed by atoms with Crippen molar-refractivity contribution in [1.29, 1.82) is 0 Å². The van der Waals surface area contributed by atoms with Gasteiger partial charge < -0.3 is 9.47 Å². The molecule has 250 valence electrons. The van der Waals surface area contributed by atoms with Gasteiger partial charge in [0, 0.05) is 46.5 Å². The number of hydrogen-bond donors (Lipinski definition) is 0. The molecule has 4 heterocycles. The third-order valence-electron chi connectivity index (χ3n) is 11.1. The van der Waals surface area contributed by atoms with Crippen LogP contribution < -0.4 is 18.4 Å². The zero-order valence-corrected chi connectivity index (χ0v) is 28.4. The monoisotopic (exact) mass is 664 g/mol. The van der Waals surface area contributed by atoms with Gasteiger partial charge in [-0.05, 0) is 38.1 Å². The van der Waals surface area contributed by atoms with E-state index in [0.717, 1.165) is 44.5 Å². The van der Waals surface area contributed by atoms with Crippen molar-refractivity contribution < 1.29 is 19.1 Å². The van der Waals surface area contributed by atoms with Crippen LogP contribution in [0.1, 0.15) is 56.8 Å². The van der Waals surface area contributed by atoms with Gasteiger partial charge in [0.1, 0.15) is 26.2 Å². The van der Waals surface area contributed by atoms with E-state index in [-0.39, 0.29) is 11.9 Å². The normalized spacial score (nSPS) is 25.8. The summed E-state index contributed by atoms with van der Waals surface area (Å²) >= 11 is 0. The third kappa shape index (κ3) is 4.32. The number of carbonyl (C=O) groups excluding carboxylic acids is 2. The van der Waals surface area contributed by atoms with E-state index in [4.69, 9.17) is 9.47 Å². The Labute approximate surface area is 292 Å². The summed E-state index contributed by atoms with van der Waals surface area (Å²) in [5.74, 6) is -0.565.